The van der Waals surface area contributed by atoms with E-state index in [-0.39, 0.29) is 10.5 Å². The van der Waals surface area contributed by atoms with Gasteiger partial charge in [0.15, 0.2) is 0 Å². The number of hydrogen-bond acceptors (Lipinski definition) is 3. The van der Waals surface area contributed by atoms with Crippen LogP contribution in [-0.4, -0.2) is 36.9 Å². The van der Waals surface area contributed by atoms with Crippen molar-refractivity contribution in [2.24, 2.45) is 5.92 Å². The van der Waals surface area contributed by atoms with E-state index in [2.05, 4.69) is 6.92 Å². The molecule has 1 aliphatic heterocycles. The van der Waals surface area contributed by atoms with Crippen molar-refractivity contribution in [3.8, 4) is 0 Å². The molecule has 0 amide bonds. The van der Waals surface area contributed by atoms with Crippen LogP contribution in [0.4, 0.5) is 0 Å². The van der Waals surface area contributed by atoms with Crippen molar-refractivity contribution < 1.29 is 18.3 Å². The van der Waals surface area contributed by atoms with Crippen molar-refractivity contribution in [3.05, 3.63) is 27.3 Å². The highest BCUT2D eigenvalue weighted by atomic mass is 127. The average molecular weight is 423 g/mol. The molecule has 1 fully saturated rings. The third kappa shape index (κ3) is 3.57. The highest BCUT2D eigenvalue weighted by molar-refractivity contribution is 14.1. The van der Waals surface area contributed by atoms with Gasteiger partial charge in [0.2, 0.25) is 10.0 Å². The van der Waals surface area contributed by atoms with Crippen molar-refractivity contribution in [3.63, 3.8) is 0 Å². The summed E-state index contributed by atoms with van der Waals surface area (Å²) in [4.78, 5) is 11.2. The second kappa shape index (κ2) is 6.62. The SMILES string of the molecule is CCCC1CCN(S(=O)(=O)c2ccc(I)c(C(=O)O)c2)C1. The fraction of sp³-hybridized carbons (Fsp3) is 0.500. The van der Waals surface area contributed by atoms with Gasteiger partial charge in [-0.1, -0.05) is 13.3 Å². The molecule has 1 aliphatic rings. The quantitative estimate of drug-likeness (QED) is 0.740. The fourth-order valence-electron chi connectivity index (χ4n) is 2.64. The molecule has 1 heterocycles. The minimum atomic E-state index is -3.60. The van der Waals surface area contributed by atoms with Crippen LogP contribution in [0.1, 0.15) is 36.5 Å². The Bertz CT molecular complexity index is 644. The second-order valence-corrected chi connectivity index (χ2v) is 8.35. The number of carbonyl (C=O) groups is 1. The Morgan fingerprint density at radius 3 is 2.81 bits per heavy atom. The summed E-state index contributed by atoms with van der Waals surface area (Å²) >= 11 is 1.89. The van der Waals surface area contributed by atoms with Gasteiger partial charge in [0, 0.05) is 16.7 Å². The lowest BCUT2D eigenvalue weighted by Gasteiger charge is -2.17. The number of aromatic carboxylic acids is 1. The van der Waals surface area contributed by atoms with Crippen molar-refractivity contribution in [1.29, 1.82) is 0 Å². The number of nitrogens with zero attached hydrogens (tertiary/aromatic N) is 1. The molecule has 0 aromatic heterocycles. The third-order valence-corrected chi connectivity index (χ3v) is 6.55. The molecule has 1 aromatic carbocycles. The Labute approximate surface area is 138 Å². The van der Waals surface area contributed by atoms with E-state index < -0.39 is 16.0 Å². The molecule has 0 radical (unpaired) electrons. The summed E-state index contributed by atoms with van der Waals surface area (Å²) in [5.74, 6) is -0.700. The van der Waals surface area contributed by atoms with Gasteiger partial charge in [0.1, 0.15) is 0 Å². The lowest BCUT2D eigenvalue weighted by molar-refractivity contribution is 0.0695. The molecular formula is C14H18INO4S. The number of carboxylic acids is 1. The lowest BCUT2D eigenvalue weighted by Crippen LogP contribution is -2.29. The van der Waals surface area contributed by atoms with Crippen LogP contribution in [0.15, 0.2) is 23.1 Å². The molecule has 0 aliphatic carbocycles. The van der Waals surface area contributed by atoms with Gasteiger partial charge in [-0.25, -0.2) is 13.2 Å². The van der Waals surface area contributed by atoms with Crippen molar-refractivity contribution in [1.82, 2.24) is 4.31 Å². The smallest absolute Gasteiger partial charge is 0.336 e. The van der Waals surface area contributed by atoms with Gasteiger partial charge in [-0.2, -0.15) is 4.31 Å². The summed E-state index contributed by atoms with van der Waals surface area (Å²) in [5.41, 5.74) is 0.0287. The number of sulfonamides is 1. The molecule has 0 saturated carbocycles. The molecule has 1 N–H and O–H groups in total. The van der Waals surface area contributed by atoms with Crippen molar-refractivity contribution >= 4 is 38.6 Å². The van der Waals surface area contributed by atoms with E-state index in [0.29, 0.717) is 22.6 Å². The van der Waals surface area contributed by atoms with Gasteiger partial charge < -0.3 is 5.11 Å². The summed E-state index contributed by atoms with van der Waals surface area (Å²) in [5, 5.41) is 9.12. The summed E-state index contributed by atoms with van der Waals surface area (Å²) in [6.45, 7) is 3.14. The maximum atomic E-state index is 12.6. The molecule has 1 aromatic rings. The van der Waals surface area contributed by atoms with E-state index in [1.54, 1.807) is 0 Å². The van der Waals surface area contributed by atoms with Gasteiger partial charge in [-0.15, -0.1) is 0 Å². The average Bonchev–Trinajstić information content (AvgIpc) is 2.88. The minimum Gasteiger partial charge on any atom is -0.478 e. The molecule has 0 bridgehead atoms. The molecule has 116 valence electrons. The molecule has 21 heavy (non-hydrogen) atoms. The Balaban J connectivity index is 2.28. The standard InChI is InChI=1S/C14H18INO4S/c1-2-3-10-6-7-16(9-10)21(19,20)11-4-5-13(15)12(8-11)14(17)18/h4-5,8,10H,2-3,6-7,9H2,1H3,(H,17,18). The first-order valence-corrected chi connectivity index (χ1v) is 9.41. The van der Waals surface area contributed by atoms with Gasteiger partial charge in [0.25, 0.3) is 0 Å². The van der Waals surface area contributed by atoms with Crippen LogP contribution in [0.3, 0.4) is 0 Å². The largest absolute Gasteiger partial charge is 0.478 e. The van der Waals surface area contributed by atoms with Crippen molar-refractivity contribution in [2.75, 3.05) is 13.1 Å². The third-order valence-electron chi connectivity index (χ3n) is 3.75. The molecule has 1 unspecified atom stereocenters. The Morgan fingerprint density at radius 1 is 1.48 bits per heavy atom. The monoisotopic (exact) mass is 423 g/mol. The zero-order valence-electron chi connectivity index (χ0n) is 11.8. The first kappa shape index (κ1) is 16.7. The van der Waals surface area contributed by atoms with Crippen LogP contribution >= 0.6 is 22.6 Å². The van der Waals surface area contributed by atoms with Gasteiger partial charge >= 0.3 is 5.97 Å². The maximum absolute atomic E-state index is 12.6. The van der Waals surface area contributed by atoms with E-state index in [1.807, 2.05) is 22.6 Å². The number of hydrogen-bond donors (Lipinski definition) is 1. The topological polar surface area (TPSA) is 74.7 Å². The Morgan fingerprint density at radius 2 is 2.19 bits per heavy atom. The first-order chi connectivity index (χ1) is 9.86. The van der Waals surface area contributed by atoms with Crippen molar-refractivity contribution in [2.45, 2.75) is 31.1 Å². The van der Waals surface area contributed by atoms with Crippen LogP contribution in [0.5, 0.6) is 0 Å². The van der Waals surface area contributed by atoms with E-state index in [4.69, 9.17) is 5.11 Å². The molecule has 1 saturated heterocycles. The van der Waals surface area contributed by atoms with Crippen LogP contribution < -0.4 is 0 Å². The normalized spacial score (nSPS) is 19.8. The zero-order chi connectivity index (χ0) is 15.6. The van der Waals surface area contributed by atoms with Gasteiger partial charge in [0.05, 0.1) is 10.5 Å². The number of benzene rings is 1. The Hall–Kier alpha value is -0.670. The number of carboxylic acid groups (broad SMARTS) is 1. The number of halogens is 1. The summed E-state index contributed by atoms with van der Waals surface area (Å²) in [6, 6.07) is 4.28. The minimum absolute atomic E-state index is 0.0287. The molecule has 1 atom stereocenters. The van der Waals surface area contributed by atoms with Gasteiger partial charge in [-0.3, -0.25) is 0 Å². The summed E-state index contributed by atoms with van der Waals surface area (Å²) in [6.07, 6.45) is 2.95. The van der Waals surface area contributed by atoms with Gasteiger partial charge in [-0.05, 0) is 59.5 Å². The van der Waals surface area contributed by atoms with E-state index in [0.717, 1.165) is 19.3 Å². The lowest BCUT2D eigenvalue weighted by atomic mass is 10.0. The molecular weight excluding hydrogens is 405 g/mol. The number of rotatable bonds is 5. The van der Waals surface area contributed by atoms with Crippen LogP contribution in [0.25, 0.3) is 0 Å². The summed E-state index contributed by atoms with van der Waals surface area (Å²) < 4.78 is 27.2. The molecule has 7 heteroatoms. The van der Waals surface area contributed by atoms with E-state index >= 15 is 0 Å². The fourth-order valence-corrected chi connectivity index (χ4v) is 4.76. The molecule has 2 rings (SSSR count). The molecule has 5 nitrogen and oxygen atoms in total. The first-order valence-electron chi connectivity index (χ1n) is 6.89. The van der Waals surface area contributed by atoms with Crippen LogP contribution in [-0.2, 0) is 10.0 Å². The molecule has 0 spiro atoms. The summed E-state index contributed by atoms with van der Waals surface area (Å²) in [7, 11) is -3.60. The predicted octanol–water partition coefficient (Wildman–Crippen LogP) is 2.80. The maximum Gasteiger partial charge on any atom is 0.336 e. The second-order valence-electron chi connectivity index (χ2n) is 5.25. The van der Waals surface area contributed by atoms with Crippen LogP contribution in [0.2, 0.25) is 0 Å². The predicted molar refractivity (Wildman–Crippen MR) is 87.9 cm³/mol. The van der Waals surface area contributed by atoms with E-state index in [9.17, 15) is 13.2 Å². The van der Waals surface area contributed by atoms with Crippen LogP contribution in [0, 0.1) is 9.49 Å². The highest BCUT2D eigenvalue weighted by Gasteiger charge is 2.32. The van der Waals surface area contributed by atoms with E-state index in [1.165, 1.54) is 22.5 Å². The Kier molecular flexibility index (Phi) is 5.26. The highest BCUT2D eigenvalue weighted by Crippen LogP contribution is 2.28. The zero-order valence-corrected chi connectivity index (χ0v) is 14.7.